The topological polar surface area (TPSA) is 6.48 Å². The van der Waals surface area contributed by atoms with E-state index in [9.17, 15) is 0 Å². The molecule has 1 aliphatic rings. The fourth-order valence-corrected chi connectivity index (χ4v) is 4.01. The molecule has 2 aromatic carbocycles. The van der Waals surface area contributed by atoms with Gasteiger partial charge < -0.3 is 9.80 Å². The highest BCUT2D eigenvalue weighted by atomic mass is 35.5. The second-order valence-electron chi connectivity index (χ2n) is 7.13. The van der Waals surface area contributed by atoms with Crippen LogP contribution in [0.1, 0.15) is 51.0 Å². The highest BCUT2D eigenvalue weighted by molar-refractivity contribution is 6.38. The first kappa shape index (κ1) is 19.4. The molecular weight excluding hydrogens is 363 g/mol. The molecule has 140 valence electrons. The lowest BCUT2D eigenvalue weighted by molar-refractivity contribution is 0.249. The quantitative estimate of drug-likeness (QED) is 0.340. The highest BCUT2D eigenvalue weighted by Gasteiger charge is 2.26. The third-order valence-electron chi connectivity index (χ3n) is 5.04. The third-order valence-corrected chi connectivity index (χ3v) is 5.97. The van der Waals surface area contributed by atoms with Crippen LogP contribution in [0.25, 0.3) is 10.8 Å². The van der Waals surface area contributed by atoms with Gasteiger partial charge in [-0.1, -0.05) is 98.6 Å². The molecule has 0 aliphatic carbocycles. The van der Waals surface area contributed by atoms with Crippen LogP contribution in [-0.2, 0) is 6.54 Å². The predicted molar refractivity (Wildman–Crippen MR) is 113 cm³/mol. The molecule has 0 radical (unpaired) electrons. The van der Waals surface area contributed by atoms with Crippen molar-refractivity contribution >= 4 is 34.0 Å². The highest BCUT2D eigenvalue weighted by Crippen LogP contribution is 2.31. The number of hydrogen-bond donors (Lipinski definition) is 0. The van der Waals surface area contributed by atoms with Gasteiger partial charge in [0.05, 0.1) is 6.67 Å². The maximum Gasteiger partial charge on any atom is 0.142 e. The first-order chi connectivity index (χ1) is 12.7. The zero-order valence-corrected chi connectivity index (χ0v) is 17.1. The van der Waals surface area contributed by atoms with E-state index in [-0.39, 0.29) is 0 Å². The van der Waals surface area contributed by atoms with Gasteiger partial charge in [0.25, 0.3) is 0 Å². The molecule has 2 nitrogen and oxygen atoms in total. The summed E-state index contributed by atoms with van der Waals surface area (Å²) in [5.74, 6) is 0. The van der Waals surface area contributed by atoms with Gasteiger partial charge in [-0.15, -0.1) is 0 Å². The van der Waals surface area contributed by atoms with Gasteiger partial charge in [-0.2, -0.15) is 0 Å². The smallest absolute Gasteiger partial charge is 0.142 e. The maximum atomic E-state index is 6.50. The van der Waals surface area contributed by atoms with Gasteiger partial charge in [0.1, 0.15) is 10.3 Å². The molecule has 0 fully saturated rings. The molecule has 2 aromatic rings. The average molecular weight is 391 g/mol. The molecular formula is C22H28Cl2N2. The second-order valence-corrected chi connectivity index (χ2v) is 7.85. The maximum absolute atomic E-state index is 6.50. The second kappa shape index (κ2) is 9.53. The van der Waals surface area contributed by atoms with Crippen LogP contribution in [0, 0.1) is 0 Å². The van der Waals surface area contributed by atoms with Crippen molar-refractivity contribution in [3.8, 4) is 0 Å². The molecule has 26 heavy (non-hydrogen) atoms. The molecule has 3 rings (SSSR count). The average Bonchev–Trinajstić information content (AvgIpc) is 2.92. The first-order valence-electron chi connectivity index (χ1n) is 9.72. The Morgan fingerprint density at radius 1 is 0.808 bits per heavy atom. The minimum absolute atomic E-state index is 0.672. The number of benzene rings is 2. The normalized spacial score (nSPS) is 14.7. The van der Waals surface area contributed by atoms with Crippen LogP contribution in [0.3, 0.4) is 0 Å². The van der Waals surface area contributed by atoms with E-state index in [0.717, 1.165) is 19.8 Å². The summed E-state index contributed by atoms with van der Waals surface area (Å²) >= 11 is 13.0. The Bertz CT molecular complexity index is 757. The van der Waals surface area contributed by atoms with Gasteiger partial charge in [-0.05, 0) is 28.8 Å². The lowest BCUT2D eigenvalue weighted by Crippen LogP contribution is -2.27. The van der Waals surface area contributed by atoms with Gasteiger partial charge in [0.15, 0.2) is 0 Å². The van der Waals surface area contributed by atoms with E-state index in [0.29, 0.717) is 10.3 Å². The number of halogens is 2. The van der Waals surface area contributed by atoms with E-state index in [1.54, 1.807) is 0 Å². The van der Waals surface area contributed by atoms with Crippen LogP contribution >= 0.6 is 23.2 Å². The molecule has 0 spiro atoms. The van der Waals surface area contributed by atoms with Crippen molar-refractivity contribution in [2.24, 2.45) is 0 Å². The zero-order valence-electron chi connectivity index (χ0n) is 15.6. The molecule has 1 aliphatic heterocycles. The SMILES string of the molecule is CCCCCCCCN1CN(Cc2ccc3ccccc3c2)C(Cl)=C1Cl. The number of rotatable bonds is 9. The van der Waals surface area contributed by atoms with Crippen molar-refractivity contribution < 1.29 is 0 Å². The molecule has 0 aromatic heterocycles. The third kappa shape index (κ3) is 4.86. The molecule has 0 saturated carbocycles. The van der Waals surface area contributed by atoms with Crippen molar-refractivity contribution in [3.63, 3.8) is 0 Å². The van der Waals surface area contributed by atoms with Crippen LogP contribution in [0.4, 0.5) is 0 Å². The summed E-state index contributed by atoms with van der Waals surface area (Å²) < 4.78 is 0. The summed E-state index contributed by atoms with van der Waals surface area (Å²) in [5.41, 5.74) is 1.26. The Kier molecular flexibility index (Phi) is 7.10. The summed E-state index contributed by atoms with van der Waals surface area (Å²) in [7, 11) is 0. The Morgan fingerprint density at radius 2 is 1.50 bits per heavy atom. The number of fused-ring (bicyclic) bond motifs is 1. The number of nitrogens with zero attached hydrogens (tertiary/aromatic N) is 2. The van der Waals surface area contributed by atoms with Gasteiger partial charge in [0.2, 0.25) is 0 Å². The predicted octanol–water partition coefficient (Wildman–Crippen LogP) is 6.88. The monoisotopic (exact) mass is 390 g/mol. The van der Waals surface area contributed by atoms with Crippen molar-refractivity contribution in [1.82, 2.24) is 9.80 Å². The van der Waals surface area contributed by atoms with Crippen LogP contribution in [0.15, 0.2) is 52.8 Å². The lowest BCUT2D eigenvalue weighted by atomic mass is 10.1. The van der Waals surface area contributed by atoms with Crippen LogP contribution in [0.5, 0.6) is 0 Å². The van der Waals surface area contributed by atoms with Gasteiger partial charge in [-0.3, -0.25) is 0 Å². The summed E-state index contributed by atoms with van der Waals surface area (Å²) in [6.07, 6.45) is 7.74. The van der Waals surface area contributed by atoms with Crippen LogP contribution in [-0.4, -0.2) is 23.0 Å². The Hall–Kier alpha value is -1.38. The standard InChI is InChI=1S/C22H28Cl2N2/c1-2-3-4-5-6-9-14-25-17-26(22(24)21(25)23)16-18-12-13-19-10-7-8-11-20(19)15-18/h7-8,10-13,15H,2-6,9,14,16-17H2,1H3. The van der Waals surface area contributed by atoms with E-state index in [1.807, 2.05) is 0 Å². The molecule has 4 heteroatoms. The largest absolute Gasteiger partial charge is 0.342 e. The summed E-state index contributed by atoms with van der Waals surface area (Å²) in [4.78, 5) is 4.36. The molecule has 0 unspecified atom stereocenters. The first-order valence-corrected chi connectivity index (χ1v) is 10.5. The minimum Gasteiger partial charge on any atom is -0.342 e. The molecule has 0 atom stereocenters. The van der Waals surface area contributed by atoms with Crippen molar-refractivity contribution in [1.29, 1.82) is 0 Å². The molecule has 0 bridgehead atoms. The fourth-order valence-electron chi connectivity index (χ4n) is 3.52. The lowest BCUT2D eigenvalue weighted by Gasteiger charge is -2.22. The van der Waals surface area contributed by atoms with E-state index in [2.05, 4.69) is 59.2 Å². The van der Waals surface area contributed by atoms with Crippen molar-refractivity contribution in [2.75, 3.05) is 13.2 Å². The van der Waals surface area contributed by atoms with Crippen molar-refractivity contribution in [2.45, 2.75) is 52.0 Å². The van der Waals surface area contributed by atoms with Crippen molar-refractivity contribution in [3.05, 3.63) is 58.3 Å². The summed E-state index contributed by atoms with van der Waals surface area (Å²) in [6, 6.07) is 15.0. The summed E-state index contributed by atoms with van der Waals surface area (Å²) in [6.45, 7) is 4.79. The number of hydrogen-bond acceptors (Lipinski definition) is 2. The fraction of sp³-hybridized carbons (Fsp3) is 0.455. The number of unbranched alkanes of at least 4 members (excludes halogenated alkanes) is 5. The zero-order chi connectivity index (χ0) is 18.4. The van der Waals surface area contributed by atoms with E-state index in [4.69, 9.17) is 23.2 Å². The van der Waals surface area contributed by atoms with Gasteiger partial charge in [0, 0.05) is 13.1 Å². The van der Waals surface area contributed by atoms with E-state index >= 15 is 0 Å². The van der Waals surface area contributed by atoms with Gasteiger partial charge >= 0.3 is 0 Å². The van der Waals surface area contributed by atoms with Crippen LogP contribution < -0.4 is 0 Å². The Labute approximate surface area is 167 Å². The minimum atomic E-state index is 0.672. The molecule has 0 amide bonds. The Balaban J connectivity index is 1.54. The molecule has 0 saturated heterocycles. The molecule has 0 N–H and O–H groups in total. The summed E-state index contributed by atoms with van der Waals surface area (Å²) in [5, 5.41) is 3.90. The van der Waals surface area contributed by atoms with Gasteiger partial charge in [-0.25, -0.2) is 0 Å². The van der Waals surface area contributed by atoms with Crippen LogP contribution in [0.2, 0.25) is 0 Å². The molecule has 1 heterocycles. The Morgan fingerprint density at radius 3 is 2.31 bits per heavy atom. The van der Waals surface area contributed by atoms with E-state index < -0.39 is 0 Å². The van der Waals surface area contributed by atoms with E-state index in [1.165, 1.54) is 54.9 Å².